The number of nitrogens with zero attached hydrogens (tertiary/aromatic N) is 2. The lowest BCUT2D eigenvalue weighted by molar-refractivity contribution is 0.0844. The van der Waals surface area contributed by atoms with Gasteiger partial charge in [0.25, 0.3) is 11.8 Å². The van der Waals surface area contributed by atoms with E-state index in [0.717, 1.165) is 10.2 Å². The molecule has 3 rings (SSSR count). The number of aromatic nitrogens is 3. The van der Waals surface area contributed by atoms with E-state index in [-0.39, 0.29) is 0 Å². The van der Waals surface area contributed by atoms with E-state index in [0.29, 0.717) is 11.3 Å². The molecule has 0 saturated carbocycles. The first-order valence-corrected chi connectivity index (χ1v) is 7.47. The van der Waals surface area contributed by atoms with E-state index >= 15 is 0 Å². The molecule has 7 nitrogen and oxygen atoms in total. The second-order valence-corrected chi connectivity index (χ2v) is 5.55. The molecule has 0 bridgehead atoms. The highest BCUT2D eigenvalue weighted by molar-refractivity contribution is 9.10. The number of benzene rings is 1. The van der Waals surface area contributed by atoms with Crippen LogP contribution in [0.25, 0.3) is 5.69 Å². The first-order valence-electron chi connectivity index (χ1n) is 6.68. The third-order valence-corrected chi connectivity index (χ3v) is 3.54. The van der Waals surface area contributed by atoms with E-state index in [9.17, 15) is 9.59 Å². The zero-order valence-corrected chi connectivity index (χ0v) is 13.4. The largest absolute Gasteiger partial charge is 0.356 e. The summed E-state index contributed by atoms with van der Waals surface area (Å²) >= 11 is 3.23. The monoisotopic (exact) mass is 373 g/mol. The van der Waals surface area contributed by atoms with Crippen molar-refractivity contribution in [1.82, 2.24) is 25.6 Å². The third kappa shape index (κ3) is 3.49. The van der Waals surface area contributed by atoms with Gasteiger partial charge in [0.2, 0.25) is 0 Å². The second kappa shape index (κ2) is 6.49. The molecule has 0 aliphatic carbocycles. The van der Waals surface area contributed by atoms with Crippen LogP contribution >= 0.6 is 15.9 Å². The molecule has 0 fully saturated rings. The van der Waals surface area contributed by atoms with Gasteiger partial charge in [0.1, 0.15) is 5.69 Å². The SMILES string of the molecule is O=C(NNC(=O)c1cc(Br)c[nH]1)c1ccc(-n2cccn2)cc1. The molecule has 0 spiro atoms. The van der Waals surface area contributed by atoms with Gasteiger partial charge in [-0.05, 0) is 52.3 Å². The molecule has 1 aromatic carbocycles. The van der Waals surface area contributed by atoms with Crippen molar-refractivity contribution in [1.29, 1.82) is 0 Å². The smallest absolute Gasteiger partial charge is 0.286 e. The van der Waals surface area contributed by atoms with Crippen LogP contribution in [0.5, 0.6) is 0 Å². The molecule has 2 aromatic heterocycles. The van der Waals surface area contributed by atoms with E-state index in [1.165, 1.54) is 0 Å². The number of aromatic amines is 1. The molecule has 2 amide bonds. The van der Waals surface area contributed by atoms with Crippen LogP contribution in [-0.2, 0) is 0 Å². The molecule has 0 radical (unpaired) electrons. The van der Waals surface area contributed by atoms with Gasteiger partial charge in [-0.15, -0.1) is 0 Å². The minimum atomic E-state index is -0.433. The highest BCUT2D eigenvalue weighted by Crippen LogP contribution is 2.10. The van der Waals surface area contributed by atoms with E-state index in [2.05, 4.69) is 36.9 Å². The van der Waals surface area contributed by atoms with Crippen molar-refractivity contribution < 1.29 is 9.59 Å². The molecule has 3 N–H and O–H groups in total. The number of halogens is 1. The maximum absolute atomic E-state index is 12.0. The molecular weight excluding hydrogens is 362 g/mol. The van der Waals surface area contributed by atoms with Gasteiger partial charge in [0.15, 0.2) is 0 Å². The molecule has 0 atom stereocenters. The van der Waals surface area contributed by atoms with Gasteiger partial charge in [-0.25, -0.2) is 4.68 Å². The standard InChI is InChI=1S/C15H12BrN5O2/c16-11-8-13(17-9-11)15(23)20-19-14(22)10-2-4-12(5-3-10)21-7-1-6-18-21/h1-9,17H,(H,19,22)(H,20,23). The van der Waals surface area contributed by atoms with Crippen molar-refractivity contribution in [3.8, 4) is 5.69 Å². The molecule has 116 valence electrons. The van der Waals surface area contributed by atoms with Crippen molar-refractivity contribution in [3.05, 3.63) is 70.7 Å². The number of hydrogen-bond acceptors (Lipinski definition) is 3. The molecule has 8 heteroatoms. The number of rotatable bonds is 3. The van der Waals surface area contributed by atoms with E-state index < -0.39 is 11.8 Å². The van der Waals surface area contributed by atoms with E-state index in [4.69, 9.17) is 0 Å². The summed E-state index contributed by atoms with van der Waals surface area (Å²) < 4.78 is 2.44. The molecule has 23 heavy (non-hydrogen) atoms. The molecule has 2 heterocycles. The van der Waals surface area contributed by atoms with Gasteiger partial charge in [0, 0.05) is 28.6 Å². The summed E-state index contributed by atoms with van der Waals surface area (Å²) in [5.74, 6) is -0.840. The number of carbonyl (C=O) groups is 2. The number of carbonyl (C=O) groups excluding carboxylic acids is 2. The Balaban J connectivity index is 1.61. The van der Waals surface area contributed by atoms with Crippen LogP contribution in [0.1, 0.15) is 20.8 Å². The summed E-state index contributed by atoms with van der Waals surface area (Å²) in [5.41, 5.74) is 6.31. The Morgan fingerprint density at radius 2 is 1.87 bits per heavy atom. The van der Waals surface area contributed by atoms with Crippen LogP contribution in [-0.4, -0.2) is 26.6 Å². The summed E-state index contributed by atoms with van der Waals surface area (Å²) in [7, 11) is 0. The van der Waals surface area contributed by atoms with Gasteiger partial charge in [-0.1, -0.05) is 0 Å². The number of hydrazine groups is 1. The minimum Gasteiger partial charge on any atom is -0.356 e. The van der Waals surface area contributed by atoms with Crippen molar-refractivity contribution in [2.75, 3.05) is 0 Å². The Morgan fingerprint density at radius 3 is 2.48 bits per heavy atom. The fourth-order valence-corrected chi connectivity index (χ4v) is 2.28. The van der Waals surface area contributed by atoms with Crippen LogP contribution < -0.4 is 10.9 Å². The molecule has 0 saturated heterocycles. The molecule has 0 unspecified atom stereocenters. The number of hydrogen-bond donors (Lipinski definition) is 3. The van der Waals surface area contributed by atoms with Crippen LogP contribution in [0.4, 0.5) is 0 Å². The Morgan fingerprint density at radius 1 is 1.13 bits per heavy atom. The minimum absolute atomic E-state index is 0.339. The van der Waals surface area contributed by atoms with Crippen molar-refractivity contribution >= 4 is 27.7 Å². The van der Waals surface area contributed by atoms with Gasteiger partial charge >= 0.3 is 0 Å². The summed E-state index contributed by atoms with van der Waals surface area (Å²) in [5, 5.41) is 4.11. The average molecular weight is 374 g/mol. The summed E-state index contributed by atoms with van der Waals surface area (Å²) in [6.45, 7) is 0. The third-order valence-electron chi connectivity index (χ3n) is 3.08. The topological polar surface area (TPSA) is 91.8 Å². The Bertz CT molecular complexity index is 824. The highest BCUT2D eigenvalue weighted by atomic mass is 79.9. The first-order chi connectivity index (χ1) is 11.1. The first kappa shape index (κ1) is 15.0. The van der Waals surface area contributed by atoms with Crippen molar-refractivity contribution in [2.24, 2.45) is 0 Å². The number of amides is 2. The molecule has 0 aliphatic heterocycles. The summed E-state index contributed by atoms with van der Waals surface area (Å²) in [4.78, 5) is 26.6. The Kier molecular flexibility index (Phi) is 4.24. The molecular formula is C15H12BrN5O2. The number of H-pyrrole nitrogens is 1. The summed E-state index contributed by atoms with van der Waals surface area (Å²) in [6, 6.07) is 10.3. The van der Waals surface area contributed by atoms with Crippen LogP contribution in [0.3, 0.4) is 0 Å². The maximum atomic E-state index is 12.0. The lowest BCUT2D eigenvalue weighted by atomic mass is 10.2. The van der Waals surface area contributed by atoms with Gasteiger partial charge in [-0.2, -0.15) is 5.10 Å². The zero-order chi connectivity index (χ0) is 16.2. The van der Waals surface area contributed by atoms with Gasteiger partial charge < -0.3 is 4.98 Å². The second-order valence-electron chi connectivity index (χ2n) is 4.64. The molecule has 0 aliphatic rings. The van der Waals surface area contributed by atoms with E-state index in [1.807, 2.05) is 12.3 Å². The Labute approximate surface area is 139 Å². The normalized spacial score (nSPS) is 10.3. The predicted octanol–water partition coefficient (Wildman–Crippen LogP) is 2.04. The highest BCUT2D eigenvalue weighted by Gasteiger charge is 2.10. The predicted molar refractivity (Wildman–Crippen MR) is 87.0 cm³/mol. The van der Waals surface area contributed by atoms with Crippen LogP contribution in [0, 0.1) is 0 Å². The fourth-order valence-electron chi connectivity index (χ4n) is 1.94. The lowest BCUT2D eigenvalue weighted by Crippen LogP contribution is -2.41. The average Bonchev–Trinajstić information content (AvgIpc) is 3.24. The molecule has 3 aromatic rings. The van der Waals surface area contributed by atoms with Gasteiger partial charge in [-0.3, -0.25) is 20.4 Å². The van der Waals surface area contributed by atoms with Crippen LogP contribution in [0.2, 0.25) is 0 Å². The fraction of sp³-hybridized carbons (Fsp3) is 0. The number of nitrogens with one attached hydrogen (secondary N) is 3. The summed E-state index contributed by atoms with van der Waals surface area (Å²) in [6.07, 6.45) is 5.11. The van der Waals surface area contributed by atoms with Crippen molar-refractivity contribution in [2.45, 2.75) is 0 Å². The Hall–Kier alpha value is -2.87. The van der Waals surface area contributed by atoms with Crippen LogP contribution in [0.15, 0.2) is 59.5 Å². The zero-order valence-electron chi connectivity index (χ0n) is 11.8. The maximum Gasteiger partial charge on any atom is 0.286 e. The van der Waals surface area contributed by atoms with Crippen molar-refractivity contribution in [3.63, 3.8) is 0 Å². The lowest BCUT2D eigenvalue weighted by Gasteiger charge is -2.07. The van der Waals surface area contributed by atoms with E-state index in [1.54, 1.807) is 47.4 Å². The quantitative estimate of drug-likeness (QED) is 0.613. The van der Waals surface area contributed by atoms with Gasteiger partial charge in [0.05, 0.1) is 5.69 Å².